The number of hydrogen-bond donors (Lipinski definition) is 1. The van der Waals surface area contributed by atoms with E-state index in [9.17, 15) is 13.6 Å². The van der Waals surface area contributed by atoms with E-state index in [2.05, 4.69) is 15.1 Å². The maximum absolute atomic E-state index is 13.0. The van der Waals surface area contributed by atoms with Gasteiger partial charge in [-0.15, -0.1) is 0 Å². The minimum atomic E-state index is -2.59. The average molecular weight is 394 g/mol. The lowest BCUT2D eigenvalue weighted by molar-refractivity contribution is -0.138. The molecule has 140 valence electrons. The maximum Gasteiger partial charge on any atom is 0.303 e. The molecular formula is C17H14ClF2N5O2. The van der Waals surface area contributed by atoms with Gasteiger partial charge in [0.1, 0.15) is 5.82 Å². The molecule has 10 heteroatoms. The summed E-state index contributed by atoms with van der Waals surface area (Å²) in [4.78, 5) is 21.2. The first-order chi connectivity index (χ1) is 12.9. The lowest BCUT2D eigenvalue weighted by Crippen LogP contribution is -2.48. The van der Waals surface area contributed by atoms with Crippen LogP contribution in [-0.2, 0) is 4.79 Å². The third kappa shape index (κ3) is 3.30. The quantitative estimate of drug-likeness (QED) is 0.669. The number of anilines is 1. The first kappa shape index (κ1) is 17.6. The molecule has 0 atom stereocenters. The van der Waals surface area contributed by atoms with Gasteiger partial charge in [0.15, 0.2) is 5.65 Å². The Morgan fingerprint density at radius 3 is 2.81 bits per heavy atom. The summed E-state index contributed by atoms with van der Waals surface area (Å²) in [7, 11) is 0. The van der Waals surface area contributed by atoms with Crippen molar-refractivity contribution in [3.8, 4) is 5.69 Å². The second-order valence-corrected chi connectivity index (χ2v) is 6.71. The second kappa shape index (κ2) is 6.73. The van der Waals surface area contributed by atoms with Crippen molar-refractivity contribution < 1.29 is 18.7 Å². The van der Waals surface area contributed by atoms with Crippen molar-refractivity contribution in [2.45, 2.75) is 12.8 Å². The fourth-order valence-corrected chi connectivity index (χ4v) is 3.37. The number of halogens is 3. The number of aliphatic carboxylic acids is 1. The Balaban J connectivity index is 1.71. The summed E-state index contributed by atoms with van der Waals surface area (Å²) in [6.45, 7) is 1.08. The number of hydrogen-bond acceptors (Lipinski definition) is 5. The van der Waals surface area contributed by atoms with Gasteiger partial charge in [0.25, 0.3) is 6.43 Å². The SMILES string of the molecule is O=C(O)CC1CN(c2nc(Cl)nc3c2cnn3-c2cccc(C(F)F)c2)C1. The molecule has 1 N–H and O–H groups in total. The summed E-state index contributed by atoms with van der Waals surface area (Å²) in [5, 5.41) is 13.8. The first-order valence-corrected chi connectivity index (χ1v) is 8.56. The molecule has 0 bridgehead atoms. The van der Waals surface area contributed by atoms with Crippen LogP contribution in [-0.4, -0.2) is 43.9 Å². The van der Waals surface area contributed by atoms with Gasteiger partial charge in [0.05, 0.1) is 23.7 Å². The maximum atomic E-state index is 13.0. The van der Waals surface area contributed by atoms with Gasteiger partial charge in [-0.3, -0.25) is 4.79 Å². The number of carboxylic acids is 1. The van der Waals surface area contributed by atoms with E-state index in [0.29, 0.717) is 35.6 Å². The predicted octanol–water partition coefficient (Wildman–Crippen LogP) is 3.32. The molecule has 1 aromatic carbocycles. The van der Waals surface area contributed by atoms with Crippen LogP contribution < -0.4 is 4.90 Å². The summed E-state index contributed by atoms with van der Waals surface area (Å²) < 4.78 is 27.4. The van der Waals surface area contributed by atoms with Crippen molar-refractivity contribution in [1.82, 2.24) is 19.7 Å². The van der Waals surface area contributed by atoms with Crippen LogP contribution >= 0.6 is 11.6 Å². The zero-order valence-corrected chi connectivity index (χ0v) is 14.6. The van der Waals surface area contributed by atoms with Crippen molar-refractivity contribution in [1.29, 1.82) is 0 Å². The summed E-state index contributed by atoms with van der Waals surface area (Å²) in [6.07, 6.45) is -0.938. The van der Waals surface area contributed by atoms with Crippen LogP contribution in [0.3, 0.4) is 0 Å². The standard InChI is InChI=1S/C17H14ClF2N5O2/c18-17-22-15(24-7-9(8-24)4-13(26)27)12-6-21-25(16(12)23-17)11-3-1-2-10(5-11)14(19)20/h1-3,5-6,9,14H,4,7-8H2,(H,26,27). The van der Waals surface area contributed by atoms with Gasteiger partial charge in [-0.05, 0) is 23.7 Å². The summed E-state index contributed by atoms with van der Waals surface area (Å²) in [5.41, 5.74) is 0.727. The monoisotopic (exact) mass is 393 g/mol. The minimum absolute atomic E-state index is 0.00551. The molecule has 0 amide bonds. The Bertz CT molecular complexity index is 1020. The molecule has 0 radical (unpaired) electrons. The topological polar surface area (TPSA) is 84.1 Å². The van der Waals surface area contributed by atoms with Crippen molar-refractivity contribution in [3.63, 3.8) is 0 Å². The number of carboxylic acid groups (broad SMARTS) is 1. The molecule has 1 fully saturated rings. The predicted molar refractivity (Wildman–Crippen MR) is 94.6 cm³/mol. The molecule has 1 aliphatic heterocycles. The molecule has 27 heavy (non-hydrogen) atoms. The van der Waals surface area contributed by atoms with Gasteiger partial charge in [0, 0.05) is 24.6 Å². The molecule has 1 saturated heterocycles. The molecule has 4 rings (SSSR count). The Hall–Kier alpha value is -2.81. The highest BCUT2D eigenvalue weighted by atomic mass is 35.5. The van der Waals surface area contributed by atoms with E-state index in [4.69, 9.17) is 16.7 Å². The average Bonchev–Trinajstić information content (AvgIpc) is 3.00. The van der Waals surface area contributed by atoms with Gasteiger partial charge in [-0.25, -0.2) is 13.5 Å². The lowest BCUT2D eigenvalue weighted by Gasteiger charge is -2.39. The number of carbonyl (C=O) groups is 1. The highest BCUT2D eigenvalue weighted by Crippen LogP contribution is 2.32. The Morgan fingerprint density at radius 2 is 2.11 bits per heavy atom. The zero-order valence-electron chi connectivity index (χ0n) is 13.9. The van der Waals surface area contributed by atoms with E-state index in [0.717, 1.165) is 0 Å². The molecule has 0 unspecified atom stereocenters. The Kier molecular flexibility index (Phi) is 4.39. The Labute approximate surface area is 157 Å². The van der Waals surface area contributed by atoms with Crippen molar-refractivity contribution >= 4 is 34.4 Å². The van der Waals surface area contributed by atoms with Gasteiger partial charge < -0.3 is 10.0 Å². The third-order valence-electron chi connectivity index (χ3n) is 4.47. The normalized spacial score (nSPS) is 14.7. The van der Waals surface area contributed by atoms with Crippen LogP contribution in [0.2, 0.25) is 5.28 Å². The van der Waals surface area contributed by atoms with Crippen molar-refractivity contribution in [3.05, 3.63) is 41.3 Å². The van der Waals surface area contributed by atoms with E-state index in [1.54, 1.807) is 12.3 Å². The van der Waals surface area contributed by atoms with Crippen LogP contribution in [0.5, 0.6) is 0 Å². The van der Waals surface area contributed by atoms with Crippen molar-refractivity contribution in [2.75, 3.05) is 18.0 Å². The molecule has 1 aliphatic rings. The second-order valence-electron chi connectivity index (χ2n) is 6.37. The highest BCUT2D eigenvalue weighted by molar-refractivity contribution is 6.28. The van der Waals surface area contributed by atoms with Crippen molar-refractivity contribution in [2.24, 2.45) is 5.92 Å². The van der Waals surface area contributed by atoms with Crippen LogP contribution in [0.15, 0.2) is 30.5 Å². The number of rotatable bonds is 5. The molecular weight excluding hydrogens is 380 g/mol. The number of nitrogens with zero attached hydrogens (tertiary/aromatic N) is 5. The van der Waals surface area contributed by atoms with Crippen LogP contribution in [0.25, 0.3) is 16.7 Å². The molecule has 2 aromatic heterocycles. The van der Waals surface area contributed by atoms with Gasteiger partial charge >= 0.3 is 5.97 Å². The van der Waals surface area contributed by atoms with Gasteiger partial charge in [-0.1, -0.05) is 12.1 Å². The number of fused-ring (bicyclic) bond motifs is 1. The minimum Gasteiger partial charge on any atom is -0.481 e. The molecule has 7 nitrogen and oxygen atoms in total. The smallest absolute Gasteiger partial charge is 0.303 e. The number of alkyl halides is 2. The first-order valence-electron chi connectivity index (χ1n) is 8.19. The van der Waals surface area contributed by atoms with E-state index in [1.165, 1.54) is 22.9 Å². The third-order valence-corrected chi connectivity index (χ3v) is 4.64. The molecule has 3 heterocycles. The summed E-state index contributed by atoms with van der Waals surface area (Å²) >= 11 is 6.06. The van der Waals surface area contributed by atoms with E-state index in [1.807, 2.05) is 4.90 Å². The Morgan fingerprint density at radius 1 is 1.33 bits per heavy atom. The fraction of sp³-hybridized carbons (Fsp3) is 0.294. The summed E-state index contributed by atoms with van der Waals surface area (Å²) in [6, 6.07) is 5.87. The molecule has 0 saturated carbocycles. The fourth-order valence-electron chi connectivity index (χ4n) is 3.21. The largest absolute Gasteiger partial charge is 0.481 e. The van der Waals surface area contributed by atoms with Gasteiger partial charge in [-0.2, -0.15) is 15.1 Å². The zero-order chi connectivity index (χ0) is 19.1. The summed E-state index contributed by atoms with van der Waals surface area (Å²) in [5.74, 6) is -0.232. The van der Waals surface area contributed by atoms with Gasteiger partial charge in [0.2, 0.25) is 5.28 Å². The highest BCUT2D eigenvalue weighted by Gasteiger charge is 2.31. The van der Waals surface area contributed by atoms with E-state index < -0.39 is 12.4 Å². The van der Waals surface area contributed by atoms with E-state index in [-0.39, 0.29) is 23.2 Å². The number of benzene rings is 1. The van der Waals surface area contributed by atoms with Crippen LogP contribution in [0.4, 0.5) is 14.6 Å². The number of aromatic nitrogens is 4. The van der Waals surface area contributed by atoms with Crippen LogP contribution in [0, 0.1) is 5.92 Å². The molecule has 0 aliphatic carbocycles. The molecule has 3 aromatic rings. The molecule has 0 spiro atoms. The van der Waals surface area contributed by atoms with E-state index >= 15 is 0 Å². The lowest BCUT2D eigenvalue weighted by atomic mass is 9.96. The van der Waals surface area contributed by atoms with Crippen LogP contribution in [0.1, 0.15) is 18.4 Å².